The third-order valence-electron chi connectivity index (χ3n) is 4.62. The molecule has 0 spiro atoms. The Morgan fingerprint density at radius 2 is 1.78 bits per heavy atom. The lowest BCUT2D eigenvalue weighted by molar-refractivity contribution is -0.121. The molecule has 0 bridgehead atoms. The fourth-order valence-electron chi connectivity index (χ4n) is 3.30. The molecule has 0 radical (unpaired) electrons. The largest absolute Gasteiger partial charge is 0.319 e. The Kier molecular flexibility index (Phi) is 4.24. The summed E-state index contributed by atoms with van der Waals surface area (Å²) in [6.45, 7) is 2.02. The molecule has 1 aliphatic heterocycles. The third kappa shape index (κ3) is 3.00. The quantitative estimate of drug-likeness (QED) is 0.643. The van der Waals surface area contributed by atoms with Gasteiger partial charge in [0, 0.05) is 25.5 Å². The molecule has 7 heteroatoms. The van der Waals surface area contributed by atoms with E-state index in [1.807, 2.05) is 36.7 Å². The number of hydrogen-bond acceptors (Lipinski definition) is 4. The monoisotopic (exact) mass is 379 g/mol. The van der Waals surface area contributed by atoms with Crippen molar-refractivity contribution in [2.75, 3.05) is 4.90 Å². The Labute approximate surface area is 159 Å². The number of benzene rings is 2. The summed E-state index contributed by atoms with van der Waals surface area (Å²) in [6.07, 6.45) is 0.413. The van der Waals surface area contributed by atoms with Gasteiger partial charge in [0.1, 0.15) is 0 Å². The molecule has 1 saturated heterocycles. The number of carbonyl (C=O) groups excluding carboxylic acids is 3. The maximum Gasteiger partial charge on any atom is 0.279 e. The van der Waals surface area contributed by atoms with Crippen LogP contribution in [0.5, 0.6) is 0 Å². The molecule has 2 heterocycles. The molecule has 6 nitrogen and oxygen atoms in total. The van der Waals surface area contributed by atoms with Gasteiger partial charge in [-0.15, -0.1) is 0 Å². The highest BCUT2D eigenvalue weighted by Crippen LogP contribution is 2.24. The van der Waals surface area contributed by atoms with Gasteiger partial charge < -0.3 is 4.57 Å². The van der Waals surface area contributed by atoms with Gasteiger partial charge in [-0.05, 0) is 36.8 Å². The maximum absolute atomic E-state index is 12.7. The first-order valence-electron chi connectivity index (χ1n) is 8.56. The minimum Gasteiger partial charge on any atom is -0.319 e. The second-order valence-corrected chi connectivity index (χ2v) is 7.46. The molecule has 0 saturated carbocycles. The van der Waals surface area contributed by atoms with Gasteiger partial charge >= 0.3 is 0 Å². The number of fused-ring (bicyclic) bond motifs is 1. The average Bonchev–Trinajstić information content (AvgIpc) is 3.15. The first kappa shape index (κ1) is 17.4. The Morgan fingerprint density at radius 3 is 2.48 bits per heavy atom. The maximum atomic E-state index is 12.7. The van der Waals surface area contributed by atoms with Crippen molar-refractivity contribution in [1.82, 2.24) is 4.57 Å². The summed E-state index contributed by atoms with van der Waals surface area (Å²) in [5.41, 5.74) is 2.93. The number of aryl methyl sites for hydroxylation is 2. The van der Waals surface area contributed by atoms with Crippen LogP contribution in [-0.2, 0) is 16.6 Å². The average molecular weight is 379 g/mol. The number of hydrogen-bond donors (Lipinski definition) is 0. The summed E-state index contributed by atoms with van der Waals surface area (Å²) in [5, 5.41) is 0. The van der Waals surface area contributed by atoms with E-state index in [-0.39, 0.29) is 24.7 Å². The summed E-state index contributed by atoms with van der Waals surface area (Å²) in [5.74, 6) is -0.892. The van der Waals surface area contributed by atoms with E-state index in [0.717, 1.165) is 20.7 Å². The number of nitrogens with zero attached hydrogens (tertiary/aromatic N) is 3. The summed E-state index contributed by atoms with van der Waals surface area (Å²) in [7, 11) is 1.88. The molecule has 1 fully saturated rings. The number of para-hydroxylation sites is 1. The van der Waals surface area contributed by atoms with Crippen LogP contribution in [0.25, 0.3) is 10.2 Å². The van der Waals surface area contributed by atoms with Gasteiger partial charge in [0.05, 0.1) is 15.9 Å². The number of anilines is 1. The first-order valence-corrected chi connectivity index (χ1v) is 9.37. The molecule has 0 atom stereocenters. The van der Waals surface area contributed by atoms with Gasteiger partial charge in [0.15, 0.2) is 4.80 Å². The van der Waals surface area contributed by atoms with Crippen molar-refractivity contribution >= 4 is 45.0 Å². The Hall–Kier alpha value is -3.06. The van der Waals surface area contributed by atoms with E-state index in [2.05, 4.69) is 4.99 Å². The smallest absolute Gasteiger partial charge is 0.279 e. The first-order chi connectivity index (χ1) is 13.0. The van der Waals surface area contributed by atoms with Crippen molar-refractivity contribution in [3.63, 3.8) is 0 Å². The van der Waals surface area contributed by atoms with Crippen LogP contribution in [0.2, 0.25) is 0 Å². The highest BCUT2D eigenvalue weighted by Gasteiger charge is 2.30. The van der Waals surface area contributed by atoms with E-state index in [4.69, 9.17) is 0 Å². The predicted octanol–water partition coefficient (Wildman–Crippen LogP) is 2.94. The molecule has 0 aliphatic carbocycles. The Bertz CT molecular complexity index is 1160. The van der Waals surface area contributed by atoms with Crippen LogP contribution in [0.15, 0.2) is 47.5 Å². The van der Waals surface area contributed by atoms with Gasteiger partial charge in [-0.25, -0.2) is 0 Å². The van der Waals surface area contributed by atoms with Crippen molar-refractivity contribution < 1.29 is 14.4 Å². The summed E-state index contributed by atoms with van der Waals surface area (Å²) in [6, 6.07) is 12.5. The topological polar surface area (TPSA) is 71.7 Å². The second-order valence-electron chi connectivity index (χ2n) is 6.46. The van der Waals surface area contributed by atoms with Crippen LogP contribution in [0.1, 0.15) is 28.8 Å². The van der Waals surface area contributed by atoms with Crippen LogP contribution in [0, 0.1) is 6.92 Å². The SMILES string of the molecule is Cc1cccc2sc(=NC(=O)c3cccc(N4C(=O)CCC4=O)c3)n(C)c12. The van der Waals surface area contributed by atoms with Crippen molar-refractivity contribution in [2.24, 2.45) is 12.0 Å². The van der Waals surface area contributed by atoms with Crippen molar-refractivity contribution in [3.05, 3.63) is 58.4 Å². The molecule has 1 aliphatic rings. The Balaban J connectivity index is 1.74. The molecule has 4 rings (SSSR count). The van der Waals surface area contributed by atoms with E-state index < -0.39 is 5.91 Å². The zero-order chi connectivity index (χ0) is 19.1. The number of amides is 3. The van der Waals surface area contributed by atoms with Crippen molar-refractivity contribution in [1.29, 1.82) is 0 Å². The van der Waals surface area contributed by atoms with E-state index in [1.165, 1.54) is 11.3 Å². The van der Waals surface area contributed by atoms with Crippen LogP contribution in [0.3, 0.4) is 0 Å². The van der Waals surface area contributed by atoms with E-state index in [0.29, 0.717) is 16.1 Å². The minimum absolute atomic E-state index is 0.207. The van der Waals surface area contributed by atoms with E-state index in [9.17, 15) is 14.4 Å². The van der Waals surface area contributed by atoms with Crippen LogP contribution >= 0.6 is 11.3 Å². The minimum atomic E-state index is -0.407. The van der Waals surface area contributed by atoms with Gasteiger partial charge in [-0.1, -0.05) is 29.5 Å². The summed E-state index contributed by atoms with van der Waals surface area (Å²) < 4.78 is 2.97. The molecule has 1 aromatic heterocycles. The lowest BCUT2D eigenvalue weighted by atomic mass is 10.2. The van der Waals surface area contributed by atoms with Gasteiger partial charge in [0.25, 0.3) is 5.91 Å². The molecule has 0 N–H and O–H groups in total. The zero-order valence-corrected chi connectivity index (χ0v) is 15.7. The summed E-state index contributed by atoms with van der Waals surface area (Å²) >= 11 is 1.45. The van der Waals surface area contributed by atoms with Crippen molar-refractivity contribution in [2.45, 2.75) is 19.8 Å². The van der Waals surface area contributed by atoms with Crippen LogP contribution in [-0.4, -0.2) is 22.3 Å². The molecule has 0 unspecified atom stereocenters. The van der Waals surface area contributed by atoms with Crippen molar-refractivity contribution in [3.8, 4) is 0 Å². The molecular weight excluding hydrogens is 362 g/mol. The molecule has 2 aromatic carbocycles. The second kappa shape index (κ2) is 6.59. The zero-order valence-electron chi connectivity index (χ0n) is 14.9. The number of thiazole rings is 1. The number of rotatable bonds is 2. The predicted molar refractivity (Wildman–Crippen MR) is 104 cm³/mol. The summed E-state index contributed by atoms with van der Waals surface area (Å²) in [4.78, 5) is 42.6. The third-order valence-corrected chi connectivity index (χ3v) is 5.72. The number of aromatic nitrogens is 1. The highest BCUT2D eigenvalue weighted by molar-refractivity contribution is 7.16. The van der Waals surface area contributed by atoms with E-state index >= 15 is 0 Å². The standard InChI is InChI=1S/C20H17N3O3S/c1-12-5-3-8-15-18(12)22(2)20(27-15)21-19(26)13-6-4-7-14(11-13)23-16(24)9-10-17(23)25/h3-8,11H,9-10H2,1-2H3. The lowest BCUT2D eigenvalue weighted by Crippen LogP contribution is -2.28. The van der Waals surface area contributed by atoms with Gasteiger partial charge in [-0.3, -0.25) is 19.3 Å². The molecule has 3 amide bonds. The van der Waals surface area contributed by atoms with E-state index in [1.54, 1.807) is 24.3 Å². The fraction of sp³-hybridized carbons (Fsp3) is 0.200. The molecule has 136 valence electrons. The fourth-order valence-corrected chi connectivity index (χ4v) is 4.39. The molecule has 3 aromatic rings. The van der Waals surface area contributed by atoms with Gasteiger partial charge in [-0.2, -0.15) is 4.99 Å². The Morgan fingerprint density at radius 1 is 1.07 bits per heavy atom. The normalized spacial score (nSPS) is 15.2. The number of imide groups is 1. The van der Waals surface area contributed by atoms with Gasteiger partial charge in [0.2, 0.25) is 11.8 Å². The van der Waals surface area contributed by atoms with Crippen LogP contribution in [0.4, 0.5) is 5.69 Å². The van der Waals surface area contributed by atoms with Crippen LogP contribution < -0.4 is 9.70 Å². The highest BCUT2D eigenvalue weighted by atomic mass is 32.1. The lowest BCUT2D eigenvalue weighted by Gasteiger charge is -2.14. The molecule has 27 heavy (non-hydrogen) atoms. The molecular formula is C20H17N3O3S. The number of carbonyl (C=O) groups is 3.